The zero-order valence-corrected chi connectivity index (χ0v) is 12.1. The molecule has 5 nitrogen and oxygen atoms in total. The molecule has 104 valence electrons. The largest absolute Gasteiger partial charge is 0.342 e. The summed E-state index contributed by atoms with van der Waals surface area (Å²) in [6.07, 6.45) is 0.890. The SMILES string of the molecule is CC(C)C1NC(=O)C(C)N(CCCN(C)C)C1=O. The van der Waals surface area contributed by atoms with Crippen LogP contribution in [-0.2, 0) is 9.59 Å². The second kappa shape index (κ2) is 6.18. The molecule has 1 N–H and O–H groups in total. The van der Waals surface area contributed by atoms with Crippen LogP contribution in [0.4, 0.5) is 0 Å². The number of hydrogen-bond acceptors (Lipinski definition) is 3. The Hall–Kier alpha value is -1.10. The third-order valence-electron chi connectivity index (χ3n) is 3.36. The zero-order valence-electron chi connectivity index (χ0n) is 12.1. The van der Waals surface area contributed by atoms with Crippen LogP contribution in [0.2, 0.25) is 0 Å². The van der Waals surface area contributed by atoms with E-state index in [2.05, 4.69) is 10.2 Å². The van der Waals surface area contributed by atoms with E-state index in [1.54, 1.807) is 11.8 Å². The summed E-state index contributed by atoms with van der Waals surface area (Å²) >= 11 is 0. The molecular formula is C13H25N3O2. The second-order valence-electron chi connectivity index (χ2n) is 5.59. The van der Waals surface area contributed by atoms with Crippen LogP contribution >= 0.6 is 0 Å². The summed E-state index contributed by atoms with van der Waals surface area (Å²) in [7, 11) is 4.01. The molecule has 1 fully saturated rings. The van der Waals surface area contributed by atoms with Crippen LogP contribution in [0.5, 0.6) is 0 Å². The number of nitrogens with one attached hydrogen (secondary N) is 1. The smallest absolute Gasteiger partial charge is 0.246 e. The maximum atomic E-state index is 12.3. The standard InChI is InChI=1S/C13H25N3O2/c1-9(2)11-13(18)16(8-6-7-15(4)5)10(3)12(17)14-11/h9-11H,6-8H2,1-5H3,(H,14,17). The summed E-state index contributed by atoms with van der Waals surface area (Å²) < 4.78 is 0. The van der Waals surface area contributed by atoms with E-state index in [1.165, 1.54) is 0 Å². The Morgan fingerprint density at radius 3 is 2.44 bits per heavy atom. The van der Waals surface area contributed by atoms with Crippen molar-refractivity contribution in [3.8, 4) is 0 Å². The van der Waals surface area contributed by atoms with Gasteiger partial charge in [0.05, 0.1) is 0 Å². The van der Waals surface area contributed by atoms with Crippen molar-refractivity contribution in [1.29, 1.82) is 0 Å². The van der Waals surface area contributed by atoms with Gasteiger partial charge in [0.15, 0.2) is 0 Å². The van der Waals surface area contributed by atoms with E-state index >= 15 is 0 Å². The van der Waals surface area contributed by atoms with Crippen LogP contribution in [0.25, 0.3) is 0 Å². The normalized spacial score (nSPS) is 24.9. The zero-order chi connectivity index (χ0) is 13.9. The van der Waals surface area contributed by atoms with Crippen LogP contribution in [-0.4, -0.2) is 60.9 Å². The maximum Gasteiger partial charge on any atom is 0.246 e. The number of hydrogen-bond donors (Lipinski definition) is 1. The summed E-state index contributed by atoms with van der Waals surface area (Å²) in [5.41, 5.74) is 0. The van der Waals surface area contributed by atoms with Crippen molar-refractivity contribution >= 4 is 11.8 Å². The number of piperazine rings is 1. The van der Waals surface area contributed by atoms with E-state index < -0.39 is 0 Å². The first-order valence-electron chi connectivity index (χ1n) is 6.60. The van der Waals surface area contributed by atoms with E-state index in [1.807, 2.05) is 27.9 Å². The van der Waals surface area contributed by atoms with E-state index in [-0.39, 0.29) is 29.8 Å². The van der Waals surface area contributed by atoms with Gasteiger partial charge in [-0.25, -0.2) is 0 Å². The average molecular weight is 255 g/mol. The molecule has 2 amide bonds. The Morgan fingerprint density at radius 2 is 1.94 bits per heavy atom. The summed E-state index contributed by atoms with van der Waals surface area (Å²) in [6.45, 7) is 7.27. The van der Waals surface area contributed by atoms with Gasteiger partial charge in [-0.3, -0.25) is 9.59 Å². The van der Waals surface area contributed by atoms with Crippen LogP contribution in [0.15, 0.2) is 0 Å². The Morgan fingerprint density at radius 1 is 1.33 bits per heavy atom. The highest BCUT2D eigenvalue weighted by Gasteiger charge is 2.38. The first kappa shape index (κ1) is 15.0. The fraction of sp³-hybridized carbons (Fsp3) is 0.846. The van der Waals surface area contributed by atoms with Gasteiger partial charge in [-0.1, -0.05) is 13.8 Å². The lowest BCUT2D eigenvalue weighted by atomic mass is 9.98. The second-order valence-corrected chi connectivity index (χ2v) is 5.59. The lowest BCUT2D eigenvalue weighted by Gasteiger charge is -2.39. The number of carbonyl (C=O) groups is 2. The third kappa shape index (κ3) is 3.45. The fourth-order valence-corrected chi connectivity index (χ4v) is 2.16. The third-order valence-corrected chi connectivity index (χ3v) is 3.36. The summed E-state index contributed by atoms with van der Waals surface area (Å²) in [5, 5.41) is 2.80. The van der Waals surface area contributed by atoms with Crippen molar-refractivity contribution in [2.75, 3.05) is 27.2 Å². The number of carbonyl (C=O) groups excluding carboxylic acids is 2. The quantitative estimate of drug-likeness (QED) is 0.769. The van der Waals surface area contributed by atoms with E-state index in [4.69, 9.17) is 0 Å². The molecule has 1 saturated heterocycles. The van der Waals surface area contributed by atoms with Gasteiger partial charge in [0.1, 0.15) is 12.1 Å². The van der Waals surface area contributed by atoms with Gasteiger partial charge in [-0.15, -0.1) is 0 Å². The topological polar surface area (TPSA) is 52.7 Å². The van der Waals surface area contributed by atoms with Crippen molar-refractivity contribution in [3.63, 3.8) is 0 Å². The molecule has 0 aromatic carbocycles. The molecule has 2 atom stereocenters. The number of rotatable bonds is 5. The molecule has 0 saturated carbocycles. The number of nitrogens with zero attached hydrogens (tertiary/aromatic N) is 2. The Balaban J connectivity index is 2.67. The van der Waals surface area contributed by atoms with E-state index in [9.17, 15) is 9.59 Å². The molecule has 0 aromatic heterocycles. The van der Waals surface area contributed by atoms with Crippen LogP contribution < -0.4 is 5.32 Å². The predicted octanol–water partition coefficient (Wildman–Crippen LogP) is 0.310. The summed E-state index contributed by atoms with van der Waals surface area (Å²) in [6, 6.07) is -0.720. The van der Waals surface area contributed by atoms with Gasteiger partial charge in [0, 0.05) is 6.54 Å². The molecule has 1 aliphatic heterocycles. The molecule has 1 aliphatic rings. The van der Waals surface area contributed by atoms with Gasteiger partial charge in [-0.2, -0.15) is 0 Å². The van der Waals surface area contributed by atoms with Gasteiger partial charge < -0.3 is 15.1 Å². The van der Waals surface area contributed by atoms with E-state index in [0.717, 1.165) is 13.0 Å². The highest BCUT2D eigenvalue weighted by atomic mass is 16.2. The van der Waals surface area contributed by atoms with Crippen molar-refractivity contribution in [2.24, 2.45) is 5.92 Å². The molecule has 5 heteroatoms. The Kier molecular flexibility index (Phi) is 5.14. The first-order valence-corrected chi connectivity index (χ1v) is 6.60. The van der Waals surface area contributed by atoms with Gasteiger partial charge >= 0.3 is 0 Å². The van der Waals surface area contributed by atoms with Gasteiger partial charge in [0.25, 0.3) is 0 Å². The van der Waals surface area contributed by atoms with E-state index in [0.29, 0.717) is 6.54 Å². The number of amides is 2. The predicted molar refractivity (Wildman–Crippen MR) is 71.1 cm³/mol. The molecule has 1 heterocycles. The van der Waals surface area contributed by atoms with Crippen LogP contribution in [0.3, 0.4) is 0 Å². The molecule has 0 bridgehead atoms. The molecule has 1 rings (SSSR count). The molecule has 0 aromatic rings. The Bertz CT molecular complexity index is 315. The molecular weight excluding hydrogens is 230 g/mol. The maximum absolute atomic E-state index is 12.3. The summed E-state index contributed by atoms with van der Waals surface area (Å²) in [5.74, 6) is 0.138. The lowest BCUT2D eigenvalue weighted by Crippen LogP contribution is -2.64. The minimum absolute atomic E-state index is 0.0434. The first-order chi connectivity index (χ1) is 8.34. The Labute approximate surface area is 110 Å². The van der Waals surface area contributed by atoms with Crippen molar-refractivity contribution < 1.29 is 9.59 Å². The lowest BCUT2D eigenvalue weighted by molar-refractivity contribution is -0.149. The summed E-state index contributed by atoms with van der Waals surface area (Å²) in [4.78, 5) is 27.9. The molecule has 0 spiro atoms. The highest BCUT2D eigenvalue weighted by molar-refractivity contribution is 5.96. The average Bonchev–Trinajstić information content (AvgIpc) is 2.27. The van der Waals surface area contributed by atoms with Crippen LogP contribution in [0.1, 0.15) is 27.2 Å². The van der Waals surface area contributed by atoms with Crippen molar-refractivity contribution in [2.45, 2.75) is 39.3 Å². The van der Waals surface area contributed by atoms with Gasteiger partial charge in [-0.05, 0) is 39.9 Å². The highest BCUT2D eigenvalue weighted by Crippen LogP contribution is 2.15. The molecule has 18 heavy (non-hydrogen) atoms. The van der Waals surface area contributed by atoms with Crippen molar-refractivity contribution in [3.05, 3.63) is 0 Å². The fourth-order valence-electron chi connectivity index (χ4n) is 2.16. The van der Waals surface area contributed by atoms with Crippen molar-refractivity contribution in [1.82, 2.24) is 15.1 Å². The minimum Gasteiger partial charge on any atom is -0.342 e. The monoisotopic (exact) mass is 255 g/mol. The minimum atomic E-state index is -0.368. The molecule has 0 aliphatic carbocycles. The molecule has 0 radical (unpaired) electrons. The molecule has 2 unspecified atom stereocenters. The van der Waals surface area contributed by atoms with Crippen LogP contribution in [0, 0.1) is 5.92 Å². The van der Waals surface area contributed by atoms with Gasteiger partial charge in [0.2, 0.25) is 11.8 Å².